The van der Waals surface area contributed by atoms with Crippen molar-refractivity contribution < 1.29 is 23.1 Å². The van der Waals surface area contributed by atoms with E-state index < -0.39 is 58.3 Å². The summed E-state index contributed by atoms with van der Waals surface area (Å²) in [6, 6.07) is 5.90. The molecular formula is C22H41FN2O6Si2. The van der Waals surface area contributed by atoms with Crippen LogP contribution in [0.2, 0.25) is 36.3 Å². The Morgan fingerprint density at radius 3 is 2.00 bits per heavy atom. The van der Waals surface area contributed by atoms with Crippen LogP contribution in [0.25, 0.3) is 0 Å². The maximum Gasteiger partial charge on any atom is 0.330 e. The largest absolute Gasteiger partial charge is 0.405 e. The number of H-pyrrole nitrogens is 1. The summed E-state index contributed by atoms with van der Waals surface area (Å²) in [6.07, 6.45) is -1.18. The summed E-state index contributed by atoms with van der Waals surface area (Å²) in [6.45, 7) is 13.1. The van der Waals surface area contributed by atoms with Crippen LogP contribution < -0.4 is 11.2 Å². The Kier molecular flexibility index (Phi) is 9.08. The predicted molar refractivity (Wildman–Crippen MR) is 131 cm³/mol. The van der Waals surface area contributed by atoms with Crippen LogP contribution >= 0.6 is 0 Å². The van der Waals surface area contributed by atoms with E-state index in [2.05, 4.69) is 25.8 Å². The third-order valence-corrected chi connectivity index (χ3v) is 17.0. The molecule has 0 amide bonds. The third kappa shape index (κ3) is 5.13. The van der Waals surface area contributed by atoms with Crippen molar-refractivity contribution in [2.75, 3.05) is 6.61 Å². The summed E-state index contributed by atoms with van der Waals surface area (Å²) in [4.78, 5) is 26.6. The van der Waals surface area contributed by atoms with Crippen LogP contribution in [0.15, 0.2) is 21.9 Å². The average Bonchev–Trinajstić information content (AvgIpc) is 3.03. The zero-order chi connectivity index (χ0) is 25.1. The molecule has 2 rings (SSSR count). The lowest BCUT2D eigenvalue weighted by atomic mass is 9.95. The highest BCUT2D eigenvalue weighted by molar-refractivity contribution is 6.74. The number of nitrogens with one attached hydrogen (secondary N) is 1. The molecule has 0 saturated carbocycles. The second-order valence-electron chi connectivity index (χ2n) is 9.20. The molecule has 2 N–H and O–H groups in total. The molecule has 0 bridgehead atoms. The van der Waals surface area contributed by atoms with Gasteiger partial charge in [0, 0.05) is 12.3 Å². The van der Waals surface area contributed by atoms with E-state index in [1.807, 2.05) is 20.8 Å². The molecule has 0 radical (unpaired) electrons. The molecule has 2 heterocycles. The smallest absolute Gasteiger partial charge is 0.330 e. The van der Waals surface area contributed by atoms with Crippen LogP contribution in [-0.2, 0) is 13.6 Å². The second kappa shape index (κ2) is 10.7. The number of halogens is 1. The highest BCUT2D eigenvalue weighted by atomic mass is 28.4. The molecule has 1 aliphatic rings. The SMILES string of the molecule is CC[Si](CC)(CC)O[C@H]1[C@@](C)(O[Si](CC)(CC)CC)[C@H](n2ccc(=O)[nH]c2=O)O[C@@]1(F)CO. The van der Waals surface area contributed by atoms with Gasteiger partial charge in [0.1, 0.15) is 18.3 Å². The first-order chi connectivity index (χ1) is 15.5. The Morgan fingerprint density at radius 1 is 1.06 bits per heavy atom. The first-order valence-electron chi connectivity index (χ1n) is 12.1. The number of alkyl halides is 1. The van der Waals surface area contributed by atoms with Gasteiger partial charge in [-0.05, 0) is 43.2 Å². The molecule has 8 nitrogen and oxygen atoms in total. The van der Waals surface area contributed by atoms with E-state index in [9.17, 15) is 14.7 Å². The van der Waals surface area contributed by atoms with Gasteiger partial charge >= 0.3 is 5.69 Å². The monoisotopic (exact) mass is 504 g/mol. The average molecular weight is 505 g/mol. The molecule has 4 atom stereocenters. The molecule has 1 aromatic heterocycles. The highest BCUT2D eigenvalue weighted by Crippen LogP contribution is 2.52. The number of rotatable bonds is 12. The minimum Gasteiger partial charge on any atom is -0.405 e. The van der Waals surface area contributed by atoms with Gasteiger partial charge in [0.2, 0.25) is 0 Å². The number of nitrogens with zero attached hydrogens (tertiary/aromatic N) is 1. The van der Waals surface area contributed by atoms with Gasteiger partial charge in [0.25, 0.3) is 11.4 Å². The number of hydrogen-bond donors (Lipinski definition) is 2. The van der Waals surface area contributed by atoms with Gasteiger partial charge in [-0.25, -0.2) is 9.18 Å². The summed E-state index contributed by atoms with van der Waals surface area (Å²) in [5.74, 6) is -2.57. The first kappa shape index (κ1) is 28.1. The normalized spacial score (nSPS) is 28.4. The van der Waals surface area contributed by atoms with Gasteiger partial charge in [0.05, 0.1) is 0 Å². The number of ether oxygens (including phenoxy) is 1. The van der Waals surface area contributed by atoms with Crippen molar-refractivity contribution in [3.05, 3.63) is 33.1 Å². The Bertz CT molecular complexity index is 887. The first-order valence-corrected chi connectivity index (χ1v) is 17.2. The molecule has 1 aliphatic heterocycles. The quantitative estimate of drug-likeness (QED) is 0.419. The lowest BCUT2D eigenvalue weighted by molar-refractivity contribution is -0.204. The van der Waals surface area contributed by atoms with E-state index in [1.54, 1.807) is 6.92 Å². The summed E-state index contributed by atoms with van der Waals surface area (Å²) < 4.78 is 36.8. The second-order valence-corrected chi connectivity index (χ2v) is 18.6. The minimum absolute atomic E-state index is 0.563. The van der Waals surface area contributed by atoms with E-state index >= 15 is 4.39 Å². The van der Waals surface area contributed by atoms with Crippen molar-refractivity contribution >= 4 is 16.6 Å². The van der Waals surface area contributed by atoms with Crippen LogP contribution in [0.1, 0.15) is 54.7 Å². The molecular weight excluding hydrogens is 463 g/mol. The summed E-state index contributed by atoms with van der Waals surface area (Å²) >= 11 is 0. The summed E-state index contributed by atoms with van der Waals surface area (Å²) in [5, 5.41) is 10.1. The summed E-state index contributed by atoms with van der Waals surface area (Å²) in [5.41, 5.74) is -2.69. The van der Waals surface area contributed by atoms with Gasteiger partial charge in [-0.1, -0.05) is 41.5 Å². The van der Waals surface area contributed by atoms with Gasteiger partial charge in [-0.15, -0.1) is 0 Å². The molecule has 0 unspecified atom stereocenters. The fourth-order valence-electron chi connectivity index (χ4n) is 4.98. The Balaban J connectivity index is 2.76. The maximum absolute atomic E-state index is 16.3. The van der Waals surface area contributed by atoms with Crippen LogP contribution in [0, 0.1) is 0 Å². The maximum atomic E-state index is 16.3. The number of hydrogen-bond acceptors (Lipinski definition) is 6. The van der Waals surface area contributed by atoms with Crippen molar-refractivity contribution in [2.45, 2.75) is 109 Å². The minimum atomic E-state index is -2.57. The van der Waals surface area contributed by atoms with Crippen LogP contribution in [0.5, 0.6) is 0 Å². The van der Waals surface area contributed by atoms with Crippen molar-refractivity contribution in [1.29, 1.82) is 0 Å². The molecule has 11 heteroatoms. The molecule has 0 aliphatic carbocycles. The Labute approximate surface area is 197 Å². The fourth-order valence-corrected chi connectivity index (χ4v) is 11.0. The van der Waals surface area contributed by atoms with E-state index in [1.165, 1.54) is 12.3 Å². The fraction of sp³-hybridized carbons (Fsp3) is 0.818. The highest BCUT2D eigenvalue weighted by Gasteiger charge is 2.67. The topological polar surface area (TPSA) is 103 Å². The number of aromatic nitrogens is 2. The van der Waals surface area contributed by atoms with Crippen LogP contribution in [-0.4, -0.2) is 55.5 Å². The van der Waals surface area contributed by atoms with E-state index in [-0.39, 0.29) is 0 Å². The molecule has 0 aromatic carbocycles. The van der Waals surface area contributed by atoms with E-state index in [0.717, 1.165) is 40.8 Å². The summed E-state index contributed by atoms with van der Waals surface area (Å²) in [7, 11) is -4.74. The predicted octanol–water partition coefficient (Wildman–Crippen LogP) is 3.89. The van der Waals surface area contributed by atoms with Gasteiger partial charge in [0.15, 0.2) is 22.9 Å². The van der Waals surface area contributed by atoms with Crippen molar-refractivity contribution in [1.82, 2.24) is 9.55 Å². The molecule has 1 aromatic rings. The van der Waals surface area contributed by atoms with Gasteiger partial charge in [-0.2, -0.15) is 0 Å². The molecule has 1 saturated heterocycles. The zero-order valence-electron chi connectivity index (χ0n) is 21.1. The standard InChI is InChI=1S/C22H41FN2O6Si2/c1-8-32(9-2,10-3)30-18-21(7,31-33(11-4,12-5)13-6)19(29-22(18,23)16-26)25-15-14-17(27)24-20(25)28/h14-15,18-19,26H,8-13,16H2,1-7H3,(H,24,27,28)/t18-,19+,21+,22-/m0/s1. The van der Waals surface area contributed by atoms with Crippen LogP contribution in [0.4, 0.5) is 4.39 Å². The lowest BCUT2D eigenvalue weighted by Gasteiger charge is -2.46. The third-order valence-electron chi connectivity index (χ3n) is 7.70. The van der Waals surface area contributed by atoms with Gasteiger partial charge in [-0.3, -0.25) is 14.3 Å². The Hall–Kier alpha value is -1.12. The van der Waals surface area contributed by atoms with Crippen molar-refractivity contribution in [3.8, 4) is 0 Å². The number of aliphatic hydroxyl groups excluding tert-OH is 1. The molecule has 190 valence electrons. The van der Waals surface area contributed by atoms with Crippen molar-refractivity contribution in [3.63, 3.8) is 0 Å². The molecule has 33 heavy (non-hydrogen) atoms. The van der Waals surface area contributed by atoms with E-state index in [0.29, 0.717) is 0 Å². The molecule has 0 spiro atoms. The van der Waals surface area contributed by atoms with Gasteiger partial charge < -0.3 is 18.7 Å². The number of aromatic amines is 1. The van der Waals surface area contributed by atoms with Crippen molar-refractivity contribution in [2.24, 2.45) is 0 Å². The van der Waals surface area contributed by atoms with Crippen LogP contribution in [0.3, 0.4) is 0 Å². The zero-order valence-corrected chi connectivity index (χ0v) is 23.1. The Morgan fingerprint density at radius 2 is 1.58 bits per heavy atom. The molecule has 1 fully saturated rings. The van der Waals surface area contributed by atoms with E-state index in [4.69, 9.17) is 13.6 Å². The lowest BCUT2D eigenvalue weighted by Crippen LogP contribution is -2.61. The number of aliphatic hydroxyl groups is 1.